The van der Waals surface area contributed by atoms with Crippen LogP contribution < -0.4 is 10.1 Å². The quantitative estimate of drug-likeness (QED) is 0.488. The van der Waals surface area contributed by atoms with E-state index in [0.717, 1.165) is 55.6 Å². The lowest BCUT2D eigenvalue weighted by molar-refractivity contribution is -0.00805. The molecule has 0 amide bonds. The van der Waals surface area contributed by atoms with E-state index in [-0.39, 0.29) is 6.10 Å². The molecule has 0 saturated carbocycles. The minimum Gasteiger partial charge on any atom is -0.492 e. The molecule has 1 saturated heterocycles. The zero-order valence-electron chi connectivity index (χ0n) is 19.3. The lowest BCUT2D eigenvalue weighted by atomic mass is 10.1. The third-order valence-electron chi connectivity index (χ3n) is 5.64. The number of benzene rings is 1. The van der Waals surface area contributed by atoms with Crippen molar-refractivity contribution >= 4 is 5.96 Å². The van der Waals surface area contributed by atoms with Crippen molar-refractivity contribution in [2.75, 3.05) is 53.0 Å². The molecule has 1 aliphatic heterocycles. The molecular formula is C23H36N6O2. The summed E-state index contributed by atoms with van der Waals surface area (Å²) in [6.45, 7) is 10.9. The molecule has 1 N–H and O–H groups in total. The van der Waals surface area contributed by atoms with Gasteiger partial charge >= 0.3 is 0 Å². The average molecular weight is 429 g/mol. The van der Waals surface area contributed by atoms with Crippen LogP contribution in [-0.2, 0) is 18.3 Å². The van der Waals surface area contributed by atoms with Crippen LogP contribution in [0.4, 0.5) is 0 Å². The minimum absolute atomic E-state index is 0.00306. The predicted molar refractivity (Wildman–Crippen MR) is 123 cm³/mol. The summed E-state index contributed by atoms with van der Waals surface area (Å²) in [5.41, 5.74) is 2.22. The Morgan fingerprint density at radius 1 is 1.32 bits per heavy atom. The van der Waals surface area contributed by atoms with Gasteiger partial charge in [0.1, 0.15) is 18.5 Å². The number of hydrogen-bond acceptors (Lipinski definition) is 5. The Bertz CT molecular complexity index is 833. The SMILES string of the molecule is CCN(CC)CCOc1ccccc1CNC(=NC)N1CCOC(c2cnn(C)c2)C1. The maximum Gasteiger partial charge on any atom is 0.194 e. The van der Waals surface area contributed by atoms with Crippen LogP contribution in [0.2, 0.25) is 0 Å². The number of hydrogen-bond donors (Lipinski definition) is 1. The molecule has 1 aliphatic rings. The summed E-state index contributed by atoms with van der Waals surface area (Å²) >= 11 is 0. The molecule has 1 fully saturated rings. The molecule has 1 unspecified atom stereocenters. The molecule has 0 aliphatic carbocycles. The molecular weight excluding hydrogens is 392 g/mol. The number of aryl methyl sites for hydroxylation is 1. The van der Waals surface area contributed by atoms with Gasteiger partial charge in [0.15, 0.2) is 5.96 Å². The van der Waals surface area contributed by atoms with Gasteiger partial charge in [0, 0.05) is 51.1 Å². The fraction of sp³-hybridized carbons (Fsp3) is 0.565. The summed E-state index contributed by atoms with van der Waals surface area (Å²) in [5, 5.41) is 7.77. The third kappa shape index (κ3) is 6.45. The van der Waals surface area contributed by atoms with E-state index in [4.69, 9.17) is 9.47 Å². The number of likely N-dealkylation sites (N-methyl/N-ethyl adjacent to an activating group) is 1. The molecule has 8 heteroatoms. The van der Waals surface area contributed by atoms with Crippen LogP contribution in [0.3, 0.4) is 0 Å². The molecule has 3 rings (SSSR count). The maximum absolute atomic E-state index is 6.10. The smallest absolute Gasteiger partial charge is 0.194 e. The largest absolute Gasteiger partial charge is 0.492 e. The first-order valence-corrected chi connectivity index (χ1v) is 11.1. The van der Waals surface area contributed by atoms with Crippen LogP contribution in [-0.4, -0.2) is 78.5 Å². The second-order valence-electron chi connectivity index (χ2n) is 7.64. The summed E-state index contributed by atoms with van der Waals surface area (Å²) in [4.78, 5) is 9.11. The number of rotatable bonds is 9. The standard InChI is InChI=1S/C23H36N6O2/c1-5-28(6-2)11-13-30-21-10-8-7-9-19(21)15-25-23(24-3)29-12-14-31-22(18-29)20-16-26-27(4)17-20/h7-10,16-17,22H,5-6,11-15,18H2,1-4H3,(H,24,25). The Morgan fingerprint density at radius 3 is 2.84 bits per heavy atom. The number of morpholine rings is 1. The maximum atomic E-state index is 6.10. The van der Waals surface area contributed by atoms with Crippen LogP contribution >= 0.6 is 0 Å². The molecule has 2 heterocycles. The van der Waals surface area contributed by atoms with Gasteiger partial charge in [-0.2, -0.15) is 5.10 Å². The number of nitrogens with zero attached hydrogens (tertiary/aromatic N) is 5. The first-order valence-electron chi connectivity index (χ1n) is 11.1. The molecule has 0 bridgehead atoms. The van der Waals surface area contributed by atoms with Gasteiger partial charge in [-0.25, -0.2) is 0 Å². The summed E-state index contributed by atoms with van der Waals surface area (Å²) < 4.78 is 13.9. The number of guanidine groups is 1. The van der Waals surface area contributed by atoms with Crippen LogP contribution in [0.1, 0.15) is 31.1 Å². The fourth-order valence-corrected chi connectivity index (χ4v) is 3.77. The summed E-state index contributed by atoms with van der Waals surface area (Å²) in [5.74, 6) is 1.79. The Kier molecular flexibility index (Phi) is 8.73. The number of para-hydroxylation sites is 1. The van der Waals surface area contributed by atoms with Gasteiger partial charge < -0.3 is 24.6 Å². The van der Waals surface area contributed by atoms with Gasteiger partial charge in [0.25, 0.3) is 0 Å². The second-order valence-corrected chi connectivity index (χ2v) is 7.64. The highest BCUT2D eigenvalue weighted by molar-refractivity contribution is 5.80. The van der Waals surface area contributed by atoms with Gasteiger partial charge in [0.05, 0.1) is 19.3 Å². The Morgan fingerprint density at radius 2 is 2.13 bits per heavy atom. The van der Waals surface area contributed by atoms with E-state index in [0.29, 0.717) is 19.8 Å². The van der Waals surface area contributed by atoms with Crippen molar-refractivity contribution in [3.05, 3.63) is 47.8 Å². The zero-order chi connectivity index (χ0) is 22.1. The van der Waals surface area contributed by atoms with E-state index in [2.05, 4.69) is 45.1 Å². The van der Waals surface area contributed by atoms with Gasteiger partial charge in [-0.3, -0.25) is 9.67 Å². The molecule has 1 aromatic carbocycles. The van der Waals surface area contributed by atoms with Crippen LogP contribution in [0.15, 0.2) is 41.7 Å². The molecule has 2 aromatic rings. The highest BCUT2D eigenvalue weighted by Gasteiger charge is 2.25. The minimum atomic E-state index is -0.00306. The first-order chi connectivity index (χ1) is 15.1. The fourth-order valence-electron chi connectivity index (χ4n) is 3.77. The number of aromatic nitrogens is 2. The highest BCUT2D eigenvalue weighted by atomic mass is 16.5. The molecule has 170 valence electrons. The lowest BCUT2D eigenvalue weighted by Gasteiger charge is -2.34. The lowest BCUT2D eigenvalue weighted by Crippen LogP contribution is -2.47. The van der Waals surface area contributed by atoms with E-state index in [1.165, 1.54) is 0 Å². The van der Waals surface area contributed by atoms with Crippen molar-refractivity contribution in [1.29, 1.82) is 0 Å². The molecule has 1 atom stereocenters. The van der Waals surface area contributed by atoms with Crippen molar-refractivity contribution < 1.29 is 9.47 Å². The van der Waals surface area contributed by atoms with Gasteiger partial charge in [-0.15, -0.1) is 0 Å². The zero-order valence-corrected chi connectivity index (χ0v) is 19.3. The highest BCUT2D eigenvalue weighted by Crippen LogP contribution is 2.22. The Hall–Kier alpha value is -2.58. The first kappa shape index (κ1) is 23.1. The number of ether oxygens (including phenoxy) is 2. The van der Waals surface area contributed by atoms with Crippen molar-refractivity contribution in [2.45, 2.75) is 26.5 Å². The monoisotopic (exact) mass is 428 g/mol. The van der Waals surface area contributed by atoms with E-state index < -0.39 is 0 Å². The van der Waals surface area contributed by atoms with Crippen molar-refractivity contribution in [3.8, 4) is 5.75 Å². The molecule has 31 heavy (non-hydrogen) atoms. The van der Waals surface area contributed by atoms with E-state index in [1.807, 2.05) is 49.4 Å². The molecule has 1 aromatic heterocycles. The van der Waals surface area contributed by atoms with E-state index >= 15 is 0 Å². The summed E-state index contributed by atoms with van der Waals surface area (Å²) in [6.07, 6.45) is 3.88. The van der Waals surface area contributed by atoms with Crippen LogP contribution in [0.5, 0.6) is 5.75 Å². The van der Waals surface area contributed by atoms with Crippen molar-refractivity contribution in [3.63, 3.8) is 0 Å². The molecule has 8 nitrogen and oxygen atoms in total. The predicted octanol–water partition coefficient (Wildman–Crippen LogP) is 2.29. The summed E-state index contributed by atoms with van der Waals surface area (Å²) in [7, 11) is 3.75. The number of nitrogens with one attached hydrogen (secondary N) is 1. The molecule has 0 radical (unpaired) electrons. The van der Waals surface area contributed by atoms with Crippen molar-refractivity contribution in [2.24, 2.45) is 12.0 Å². The third-order valence-corrected chi connectivity index (χ3v) is 5.64. The Labute approximate surface area is 185 Å². The van der Waals surface area contributed by atoms with Gasteiger partial charge in [-0.1, -0.05) is 32.0 Å². The second kappa shape index (κ2) is 11.7. The van der Waals surface area contributed by atoms with Gasteiger partial charge in [0.2, 0.25) is 0 Å². The van der Waals surface area contributed by atoms with Gasteiger partial charge in [-0.05, 0) is 19.2 Å². The van der Waals surface area contributed by atoms with Crippen molar-refractivity contribution in [1.82, 2.24) is 24.9 Å². The average Bonchev–Trinajstić information content (AvgIpc) is 3.24. The topological polar surface area (TPSA) is 67.2 Å². The Balaban J connectivity index is 1.57. The normalized spacial score (nSPS) is 17.3. The molecule has 0 spiro atoms. The van der Waals surface area contributed by atoms with E-state index in [9.17, 15) is 0 Å². The van der Waals surface area contributed by atoms with Crippen LogP contribution in [0.25, 0.3) is 0 Å². The number of aliphatic imine (C=N–C) groups is 1. The summed E-state index contributed by atoms with van der Waals surface area (Å²) in [6, 6.07) is 8.20. The van der Waals surface area contributed by atoms with Crippen LogP contribution in [0, 0.1) is 0 Å². The van der Waals surface area contributed by atoms with E-state index in [1.54, 1.807) is 0 Å².